The first kappa shape index (κ1) is 73.0. The van der Waals surface area contributed by atoms with Crippen molar-refractivity contribution in [3.05, 3.63) is 311 Å². The van der Waals surface area contributed by atoms with Gasteiger partial charge in [0.15, 0.2) is 0 Å². The summed E-state index contributed by atoms with van der Waals surface area (Å²) >= 11 is 0. The van der Waals surface area contributed by atoms with E-state index in [1.54, 1.807) is 121 Å². The highest BCUT2D eigenvalue weighted by molar-refractivity contribution is 5.63. The van der Waals surface area contributed by atoms with Gasteiger partial charge in [-0.05, 0) is 221 Å². The molecule has 20 heteroatoms. The van der Waals surface area contributed by atoms with Crippen LogP contribution in [0.1, 0.15) is 120 Å². The van der Waals surface area contributed by atoms with Gasteiger partial charge < -0.3 is 59.8 Å². The Labute approximate surface area is 624 Å². The van der Waals surface area contributed by atoms with Crippen molar-refractivity contribution in [1.82, 2.24) is 0 Å². The molecule has 0 aromatic heterocycles. The van der Waals surface area contributed by atoms with E-state index in [2.05, 4.69) is 40.9 Å². The third-order valence-corrected chi connectivity index (χ3v) is 18.8. The van der Waals surface area contributed by atoms with Gasteiger partial charge in [-0.25, -0.2) is 0 Å². The molecule has 0 aliphatic heterocycles. The van der Waals surface area contributed by atoms with Gasteiger partial charge in [-0.3, -0.25) is 0 Å². The zero-order valence-electron chi connectivity index (χ0n) is 59.0. The number of rotatable bonds is 28. The topological polar surface area (TPSA) is 298 Å². The number of phenols is 8. The molecule has 8 bridgehead atoms. The van der Waals surface area contributed by atoms with Crippen LogP contribution in [0.25, 0.3) is 0 Å². The zero-order valence-corrected chi connectivity index (χ0v) is 59.0. The summed E-state index contributed by atoms with van der Waals surface area (Å²) in [7, 11) is 0. The largest absolute Gasteiger partial charge is 0.508 e. The van der Waals surface area contributed by atoms with Gasteiger partial charge in [-0.1, -0.05) is 72.8 Å². The summed E-state index contributed by atoms with van der Waals surface area (Å²) in [5, 5.41) is 134. The Morgan fingerprint density at radius 2 is 0.352 bits per heavy atom. The SMILES string of the molecule is Oc1cc(O)c2cc1C(CCCOc1ccc(N=Nc3ccccc3)cc1)c1cc(c(O)cc1O)C(CCCOc1ccc(N=Nc3ccccc3)cc1)c1cc(c(O)cc1O)C(CCCOc1ccc(N=Nc3ccccc3)cc1)c1cc(c(O)cc1O)C2CCCOc1ccc(N=Nc2ccccc2)cc1. The molecule has 0 saturated carbocycles. The molecule has 0 saturated heterocycles. The van der Waals surface area contributed by atoms with Crippen molar-refractivity contribution in [3.63, 3.8) is 0 Å². The third-order valence-electron chi connectivity index (χ3n) is 18.8. The fraction of sp³-hybridized carbons (Fsp3) is 0.182. The Balaban J connectivity index is 0.868. The molecule has 1 aliphatic rings. The van der Waals surface area contributed by atoms with Gasteiger partial charge in [0.2, 0.25) is 0 Å². The molecule has 20 nitrogen and oxygen atoms in total. The van der Waals surface area contributed by atoms with Crippen LogP contribution in [-0.2, 0) is 0 Å². The molecular formula is C88H80N8O12. The Kier molecular flexibility index (Phi) is 23.9. The number of hydrogen-bond acceptors (Lipinski definition) is 20. The van der Waals surface area contributed by atoms with Crippen LogP contribution in [0.2, 0.25) is 0 Å². The van der Waals surface area contributed by atoms with Crippen LogP contribution >= 0.6 is 0 Å². The van der Waals surface area contributed by atoms with E-state index >= 15 is 0 Å². The molecule has 0 unspecified atom stereocenters. The van der Waals surface area contributed by atoms with Crippen LogP contribution < -0.4 is 18.9 Å². The quantitative estimate of drug-likeness (QED) is 0.0168. The highest BCUT2D eigenvalue weighted by Crippen LogP contribution is 2.53. The Bertz CT molecular complexity index is 4350. The molecule has 0 fully saturated rings. The predicted molar refractivity (Wildman–Crippen MR) is 414 cm³/mol. The molecule has 12 aromatic carbocycles. The molecule has 0 atom stereocenters. The van der Waals surface area contributed by atoms with Crippen molar-refractivity contribution in [2.45, 2.75) is 75.0 Å². The lowest BCUT2D eigenvalue weighted by atomic mass is 9.76. The summed E-state index contributed by atoms with van der Waals surface area (Å²) < 4.78 is 25.4. The second kappa shape index (κ2) is 35.4. The summed E-state index contributed by atoms with van der Waals surface area (Å²) in [6, 6.07) is 78.0. The summed E-state index contributed by atoms with van der Waals surface area (Å²) in [5.74, 6) is -3.80. The van der Waals surface area contributed by atoms with E-state index in [-0.39, 0.29) is 143 Å². The summed E-state index contributed by atoms with van der Waals surface area (Å²) in [5.41, 5.74) is 7.59. The van der Waals surface area contributed by atoms with Crippen LogP contribution in [0.4, 0.5) is 45.5 Å². The van der Waals surface area contributed by atoms with E-state index in [9.17, 15) is 40.9 Å². The van der Waals surface area contributed by atoms with Crippen LogP contribution in [0, 0.1) is 0 Å². The minimum atomic E-state index is -0.887. The van der Waals surface area contributed by atoms with E-state index in [0.29, 0.717) is 94.2 Å². The maximum absolute atomic E-state index is 12.4. The number of aromatic hydroxyl groups is 8. The van der Waals surface area contributed by atoms with Gasteiger partial charge in [-0.15, -0.1) is 0 Å². The highest BCUT2D eigenvalue weighted by Gasteiger charge is 2.34. The highest BCUT2D eigenvalue weighted by atomic mass is 16.5. The van der Waals surface area contributed by atoms with Crippen molar-refractivity contribution in [2.24, 2.45) is 40.9 Å². The molecule has 544 valence electrons. The lowest BCUT2D eigenvalue weighted by Crippen LogP contribution is -2.13. The maximum Gasteiger partial charge on any atom is 0.123 e. The van der Waals surface area contributed by atoms with Crippen LogP contribution in [0.3, 0.4) is 0 Å². The first-order valence-corrected chi connectivity index (χ1v) is 35.8. The normalized spacial score (nSPS) is 14.9. The maximum atomic E-state index is 12.4. The van der Waals surface area contributed by atoms with Crippen molar-refractivity contribution >= 4 is 45.5 Å². The van der Waals surface area contributed by atoms with Gasteiger partial charge in [0.25, 0.3) is 0 Å². The van der Waals surface area contributed by atoms with E-state index in [4.69, 9.17) is 18.9 Å². The van der Waals surface area contributed by atoms with E-state index in [1.165, 1.54) is 24.3 Å². The van der Waals surface area contributed by atoms with Crippen molar-refractivity contribution < 1.29 is 59.8 Å². The second-order valence-electron chi connectivity index (χ2n) is 26.2. The average Bonchev–Trinajstić information content (AvgIpc) is 0.756. The molecule has 0 radical (unpaired) electrons. The number of benzene rings is 12. The monoisotopic (exact) mass is 1440 g/mol. The molecule has 13 rings (SSSR count). The molecule has 108 heavy (non-hydrogen) atoms. The first-order valence-electron chi connectivity index (χ1n) is 35.8. The standard InChI is InChI=1S/C88H80N8O12/c97-81-53-83(99)75-49-73(81)69(25-13-45-105-65-37-29-61(30-38-65)93-89-57-17-5-1-6-18-57)74-50-76(84(100)54-82(74)98)71(27-15-47-107-67-41-33-63(34-42-67)95-91-59-21-9-3-10-22-59)78-52-80(88(104)56-86(78)102)72(28-16-48-108-68-43-35-64(36-44-68)96-92-60-23-11-4-12-24-60)79-51-77(85(101)55-87(79)103)70(75)26-14-46-106-66-39-31-62(32-40-66)94-90-58-19-7-2-8-20-58/h1-12,17-24,29-44,49-56,69-72,97-104H,13-16,25-28,45-48H2. The number of hydrogen-bond donors (Lipinski definition) is 8. The molecular weight excluding hydrogens is 1360 g/mol. The second-order valence-corrected chi connectivity index (χ2v) is 26.2. The number of azo groups is 4. The van der Waals surface area contributed by atoms with Gasteiger partial charge in [0, 0.05) is 92.4 Å². The van der Waals surface area contributed by atoms with E-state index in [1.807, 2.05) is 121 Å². The third kappa shape index (κ3) is 18.9. The smallest absolute Gasteiger partial charge is 0.123 e. The van der Waals surface area contributed by atoms with E-state index in [0.717, 1.165) is 0 Å². The predicted octanol–water partition coefficient (Wildman–Crippen LogP) is 23.3. The molecule has 12 aromatic rings. The first-order chi connectivity index (χ1) is 52.8. The van der Waals surface area contributed by atoms with Crippen LogP contribution in [0.15, 0.2) is 308 Å². The minimum Gasteiger partial charge on any atom is -0.508 e. The Morgan fingerprint density at radius 3 is 0.519 bits per heavy atom. The van der Waals surface area contributed by atoms with Crippen LogP contribution in [0.5, 0.6) is 69.0 Å². The number of fused-ring (bicyclic) bond motifs is 8. The number of phenolic OH excluding ortho intramolecular Hbond substituents is 8. The molecule has 0 spiro atoms. The van der Waals surface area contributed by atoms with Gasteiger partial charge in [0.1, 0.15) is 69.0 Å². The molecule has 1 aliphatic carbocycles. The Morgan fingerprint density at radius 1 is 0.194 bits per heavy atom. The fourth-order valence-electron chi connectivity index (χ4n) is 13.4. The lowest BCUT2D eigenvalue weighted by Gasteiger charge is -2.29. The fourth-order valence-corrected chi connectivity index (χ4v) is 13.4. The molecule has 0 heterocycles. The van der Waals surface area contributed by atoms with Gasteiger partial charge in [-0.2, -0.15) is 40.9 Å². The number of ether oxygens (including phenoxy) is 4. The zero-order chi connectivity index (χ0) is 74.6. The van der Waals surface area contributed by atoms with Crippen molar-refractivity contribution in [1.29, 1.82) is 0 Å². The Hall–Kier alpha value is -13.4. The van der Waals surface area contributed by atoms with Gasteiger partial charge >= 0.3 is 0 Å². The molecule has 8 N–H and O–H groups in total. The van der Waals surface area contributed by atoms with Crippen molar-refractivity contribution in [3.8, 4) is 69.0 Å². The summed E-state index contributed by atoms with van der Waals surface area (Å²) in [6.07, 6.45) is 2.23. The van der Waals surface area contributed by atoms with E-state index < -0.39 is 23.7 Å². The summed E-state index contributed by atoms with van der Waals surface area (Å²) in [6.45, 7) is 0.678. The van der Waals surface area contributed by atoms with Crippen molar-refractivity contribution in [2.75, 3.05) is 26.4 Å². The minimum absolute atomic E-state index is 0.169. The van der Waals surface area contributed by atoms with Crippen LogP contribution in [-0.4, -0.2) is 67.3 Å². The average molecular weight is 1440 g/mol. The molecule has 0 amide bonds. The number of nitrogens with zero attached hydrogens (tertiary/aromatic N) is 8. The van der Waals surface area contributed by atoms with Gasteiger partial charge in [0.05, 0.1) is 71.9 Å². The summed E-state index contributed by atoms with van der Waals surface area (Å²) in [4.78, 5) is 0. The lowest BCUT2D eigenvalue weighted by molar-refractivity contribution is 0.301.